The van der Waals surface area contributed by atoms with Crippen LogP contribution >= 0.6 is 27.3 Å². The highest BCUT2D eigenvalue weighted by Crippen LogP contribution is 2.27. The predicted molar refractivity (Wildman–Crippen MR) is 38.6 cm³/mol. The number of rotatable bonds is 1. The van der Waals surface area contributed by atoms with E-state index in [2.05, 4.69) is 15.9 Å². The monoisotopic (exact) mass is 194 g/mol. The summed E-state index contributed by atoms with van der Waals surface area (Å²) < 4.78 is 20.0. The maximum Gasteiger partial charge on any atom is 0.174 e. The van der Waals surface area contributed by atoms with E-state index in [1.807, 2.05) is 0 Å². The van der Waals surface area contributed by atoms with Crippen LogP contribution in [0.5, 0.6) is 5.06 Å². The van der Waals surface area contributed by atoms with Crippen molar-refractivity contribution < 1.29 is 7.48 Å². The zero-order valence-electron chi connectivity index (χ0n) is 6.19. The molecule has 8 heavy (non-hydrogen) atoms. The third kappa shape index (κ3) is 1.23. The SMILES string of the molecule is [2H]c1c(Br)sc(OC)c1[2H]. The van der Waals surface area contributed by atoms with Gasteiger partial charge >= 0.3 is 0 Å². The van der Waals surface area contributed by atoms with Gasteiger partial charge in [-0.2, -0.15) is 0 Å². The molecular formula is C5H5BrOS. The van der Waals surface area contributed by atoms with Crippen molar-refractivity contribution in [3.8, 4) is 5.06 Å². The lowest BCUT2D eigenvalue weighted by Gasteiger charge is -1.86. The van der Waals surface area contributed by atoms with Crippen LogP contribution in [-0.4, -0.2) is 7.11 Å². The number of halogens is 1. The van der Waals surface area contributed by atoms with Crippen molar-refractivity contribution in [2.24, 2.45) is 0 Å². The van der Waals surface area contributed by atoms with Gasteiger partial charge in [0.25, 0.3) is 0 Å². The first-order chi connectivity index (χ1) is 4.66. The average molecular weight is 195 g/mol. The maximum absolute atomic E-state index is 7.28. The third-order valence-electron chi connectivity index (χ3n) is 0.631. The van der Waals surface area contributed by atoms with Crippen LogP contribution in [-0.2, 0) is 0 Å². The molecule has 0 radical (unpaired) electrons. The summed E-state index contributed by atoms with van der Waals surface area (Å²) in [6.45, 7) is 0. The molecule has 1 aromatic rings. The lowest BCUT2D eigenvalue weighted by molar-refractivity contribution is 0.427. The van der Waals surface area contributed by atoms with E-state index in [1.54, 1.807) is 0 Å². The Hall–Kier alpha value is -0.0200. The second-order valence-electron chi connectivity index (χ2n) is 1.12. The molecule has 1 heterocycles. The minimum absolute atomic E-state index is 0.152. The summed E-state index contributed by atoms with van der Waals surface area (Å²) in [7, 11) is 1.50. The van der Waals surface area contributed by atoms with Crippen molar-refractivity contribution in [1.29, 1.82) is 0 Å². The number of methoxy groups -OCH3 is 1. The zero-order chi connectivity index (χ0) is 7.72. The molecule has 1 rings (SSSR count). The molecule has 0 unspecified atom stereocenters. The quantitative estimate of drug-likeness (QED) is 0.668. The first-order valence-corrected chi connectivity index (χ1v) is 3.57. The van der Waals surface area contributed by atoms with E-state index in [0.29, 0.717) is 8.85 Å². The van der Waals surface area contributed by atoms with Gasteiger partial charge in [0.1, 0.15) is 0 Å². The Morgan fingerprint density at radius 2 is 2.62 bits per heavy atom. The van der Waals surface area contributed by atoms with Crippen LogP contribution in [0.25, 0.3) is 0 Å². The fraction of sp³-hybridized carbons (Fsp3) is 0.200. The lowest BCUT2D eigenvalue weighted by atomic mass is 10.7. The normalized spacial score (nSPS) is 12.8. The van der Waals surface area contributed by atoms with Crippen molar-refractivity contribution in [2.75, 3.05) is 7.11 Å². The smallest absolute Gasteiger partial charge is 0.174 e. The van der Waals surface area contributed by atoms with E-state index in [-0.39, 0.29) is 12.1 Å². The van der Waals surface area contributed by atoms with Gasteiger partial charge < -0.3 is 4.74 Å². The van der Waals surface area contributed by atoms with E-state index >= 15 is 0 Å². The van der Waals surface area contributed by atoms with Crippen molar-refractivity contribution in [2.45, 2.75) is 0 Å². The molecule has 44 valence electrons. The molecule has 0 aliphatic heterocycles. The Kier molecular flexibility index (Phi) is 1.22. The summed E-state index contributed by atoms with van der Waals surface area (Å²) in [6, 6.07) is 0.348. The third-order valence-corrected chi connectivity index (χ3v) is 2.05. The summed E-state index contributed by atoms with van der Waals surface area (Å²) in [5.74, 6) is 0. The lowest BCUT2D eigenvalue weighted by Crippen LogP contribution is -1.73. The molecule has 0 aliphatic carbocycles. The highest BCUT2D eigenvalue weighted by molar-refractivity contribution is 9.11. The Balaban J connectivity index is 3.17. The van der Waals surface area contributed by atoms with E-state index < -0.39 is 0 Å². The minimum Gasteiger partial charge on any atom is -0.487 e. The first-order valence-electron chi connectivity index (χ1n) is 2.96. The Morgan fingerprint density at radius 3 is 2.88 bits per heavy atom. The van der Waals surface area contributed by atoms with E-state index in [4.69, 9.17) is 7.48 Å². The van der Waals surface area contributed by atoms with E-state index in [0.717, 1.165) is 0 Å². The van der Waals surface area contributed by atoms with Gasteiger partial charge in [0.2, 0.25) is 0 Å². The van der Waals surface area contributed by atoms with Gasteiger partial charge in [-0.15, -0.1) is 0 Å². The number of hydrogen-bond acceptors (Lipinski definition) is 2. The van der Waals surface area contributed by atoms with Crippen LogP contribution in [0.3, 0.4) is 0 Å². The molecule has 1 aromatic heterocycles. The summed E-state index contributed by atoms with van der Waals surface area (Å²) in [6.07, 6.45) is 0. The Bertz CT molecular complexity index is 248. The minimum atomic E-state index is 0.152. The molecule has 0 aliphatic rings. The van der Waals surface area contributed by atoms with Gasteiger partial charge in [-0.1, -0.05) is 11.3 Å². The molecule has 0 N–H and O–H groups in total. The van der Waals surface area contributed by atoms with E-state index in [9.17, 15) is 0 Å². The molecule has 0 fully saturated rings. The molecule has 0 spiro atoms. The fourth-order valence-electron chi connectivity index (χ4n) is 0.325. The summed E-state index contributed by atoms with van der Waals surface area (Å²) in [5.41, 5.74) is 0. The molecule has 3 heteroatoms. The van der Waals surface area contributed by atoms with Crippen LogP contribution in [0, 0.1) is 0 Å². The van der Waals surface area contributed by atoms with Crippen LogP contribution < -0.4 is 4.74 Å². The summed E-state index contributed by atoms with van der Waals surface area (Å²) >= 11 is 4.40. The van der Waals surface area contributed by atoms with Crippen molar-refractivity contribution >= 4 is 27.3 Å². The van der Waals surface area contributed by atoms with E-state index in [1.165, 1.54) is 18.4 Å². The van der Waals surface area contributed by atoms with Crippen LogP contribution in [0.4, 0.5) is 0 Å². The number of hydrogen-bond donors (Lipinski definition) is 0. The molecule has 0 amide bonds. The van der Waals surface area contributed by atoms with Gasteiger partial charge in [-0.3, -0.25) is 0 Å². The van der Waals surface area contributed by atoms with Crippen molar-refractivity contribution in [1.82, 2.24) is 0 Å². The molecule has 1 nitrogen and oxygen atoms in total. The van der Waals surface area contributed by atoms with Crippen molar-refractivity contribution in [3.63, 3.8) is 0 Å². The average Bonchev–Trinajstić information content (AvgIpc) is 2.17. The van der Waals surface area contributed by atoms with Crippen LogP contribution in [0.15, 0.2) is 15.9 Å². The second-order valence-corrected chi connectivity index (χ2v) is 3.42. The Morgan fingerprint density at radius 1 is 1.88 bits per heavy atom. The summed E-state index contributed by atoms with van der Waals surface area (Å²) in [4.78, 5) is 0. The predicted octanol–water partition coefficient (Wildman–Crippen LogP) is 2.52. The highest BCUT2D eigenvalue weighted by atomic mass is 79.9. The zero-order valence-corrected chi connectivity index (χ0v) is 6.60. The first kappa shape index (κ1) is 3.90. The summed E-state index contributed by atoms with van der Waals surface area (Å²) in [5, 5.41) is 0.483. The number of ether oxygens (including phenoxy) is 1. The van der Waals surface area contributed by atoms with Crippen LogP contribution in [0.1, 0.15) is 2.74 Å². The second kappa shape index (κ2) is 2.51. The molecule has 0 saturated heterocycles. The fourth-order valence-corrected chi connectivity index (χ4v) is 1.32. The topological polar surface area (TPSA) is 9.23 Å². The standard InChI is InChI=1S/C5H5BrOS/c1-7-5-3-2-4(6)8-5/h2-3H,1H3/i2D,3D. The van der Waals surface area contributed by atoms with Gasteiger partial charge in [-0.25, -0.2) is 0 Å². The van der Waals surface area contributed by atoms with Crippen molar-refractivity contribution in [3.05, 3.63) is 15.9 Å². The van der Waals surface area contributed by atoms with Crippen LogP contribution in [0.2, 0.25) is 0 Å². The molecule has 0 bridgehead atoms. The van der Waals surface area contributed by atoms with Gasteiger partial charge in [-0.05, 0) is 28.0 Å². The highest BCUT2D eigenvalue weighted by Gasteiger charge is 1.92. The van der Waals surface area contributed by atoms with Gasteiger partial charge in [0.15, 0.2) is 5.06 Å². The molecule has 0 saturated carbocycles. The number of thiophene rings is 1. The van der Waals surface area contributed by atoms with Gasteiger partial charge in [0, 0.05) is 0 Å². The molecule has 0 aromatic carbocycles. The largest absolute Gasteiger partial charge is 0.487 e. The molecular weight excluding hydrogens is 188 g/mol. The Labute approximate surface area is 63.2 Å². The van der Waals surface area contributed by atoms with Gasteiger partial charge in [0.05, 0.1) is 13.6 Å². The maximum atomic E-state index is 7.28. The molecule has 0 atom stereocenters.